The normalized spacial score (nSPS) is 9.62. The first kappa shape index (κ1) is 12.9. The molecule has 1 heterocycles. The number of anilines is 1. The van der Waals surface area contributed by atoms with Crippen LogP contribution in [0, 0.1) is 0 Å². The minimum absolute atomic E-state index is 0.282. The van der Waals surface area contributed by atoms with Crippen molar-refractivity contribution < 1.29 is 8.98 Å². The third-order valence-electron chi connectivity index (χ3n) is 1.82. The van der Waals surface area contributed by atoms with Crippen LogP contribution in [0.15, 0.2) is 24.5 Å². The highest BCUT2D eigenvalue weighted by Crippen LogP contribution is 2.17. The maximum absolute atomic E-state index is 10.9. The highest BCUT2D eigenvalue weighted by atomic mass is 32.2. The molecule has 4 nitrogen and oxygen atoms in total. The number of hydrogen-bond acceptors (Lipinski definition) is 5. The molecule has 0 saturated heterocycles. The topological polar surface area (TPSA) is 42.4 Å². The van der Waals surface area contributed by atoms with Crippen molar-refractivity contribution in [2.45, 2.75) is 13.3 Å². The van der Waals surface area contributed by atoms with Gasteiger partial charge in [-0.15, -0.1) is 0 Å². The van der Waals surface area contributed by atoms with Crippen molar-refractivity contribution in [3.63, 3.8) is 0 Å². The molecule has 0 aliphatic rings. The second-order valence-electron chi connectivity index (χ2n) is 2.92. The molecule has 0 fully saturated rings. The van der Waals surface area contributed by atoms with Gasteiger partial charge in [-0.05, 0) is 24.4 Å². The van der Waals surface area contributed by atoms with Crippen molar-refractivity contribution in [2.24, 2.45) is 0 Å². The zero-order chi connectivity index (χ0) is 12.0. The molecule has 0 aromatic carbocycles. The van der Waals surface area contributed by atoms with Crippen molar-refractivity contribution >= 4 is 40.2 Å². The van der Waals surface area contributed by atoms with Gasteiger partial charge in [0.2, 0.25) is 0 Å². The Morgan fingerprint density at radius 3 is 2.75 bits per heavy atom. The Balaban J connectivity index is 2.52. The van der Waals surface area contributed by atoms with E-state index < -0.39 is 0 Å². The zero-order valence-electron chi connectivity index (χ0n) is 9.04. The summed E-state index contributed by atoms with van der Waals surface area (Å²) in [4.78, 5) is 16.6. The lowest BCUT2D eigenvalue weighted by molar-refractivity contribution is -0.132. The third kappa shape index (κ3) is 3.79. The fourth-order valence-corrected chi connectivity index (χ4v) is 1.58. The van der Waals surface area contributed by atoms with E-state index in [1.807, 2.05) is 19.2 Å². The molecule has 0 saturated carbocycles. The molecule has 86 valence electrons. The second-order valence-corrected chi connectivity index (χ2v) is 4.29. The Bertz CT molecular complexity index is 370. The molecule has 0 unspecified atom stereocenters. The first-order valence-electron chi connectivity index (χ1n) is 4.70. The molecule has 0 bridgehead atoms. The van der Waals surface area contributed by atoms with Crippen LogP contribution in [0.25, 0.3) is 0 Å². The van der Waals surface area contributed by atoms with Gasteiger partial charge in [-0.1, -0.05) is 6.92 Å². The predicted octanol–water partition coefficient (Wildman–Crippen LogP) is 2.40. The number of thiocarbonyl (C=S) groups is 1. The second kappa shape index (κ2) is 6.44. The van der Waals surface area contributed by atoms with Gasteiger partial charge in [0.25, 0.3) is 0 Å². The molecule has 1 rings (SSSR count). The van der Waals surface area contributed by atoms with Crippen LogP contribution in [-0.2, 0) is 8.98 Å². The standard InChI is InChI=1S/C10H12N2O2S2/c1-3-9(13)14-16-10(15)12(2)8-4-6-11-7-5-8/h4-7H,3H2,1-2H3. The van der Waals surface area contributed by atoms with Crippen LogP contribution in [0.2, 0.25) is 0 Å². The van der Waals surface area contributed by atoms with Crippen LogP contribution < -0.4 is 4.90 Å². The monoisotopic (exact) mass is 256 g/mol. The van der Waals surface area contributed by atoms with E-state index in [0.717, 1.165) is 17.7 Å². The smallest absolute Gasteiger partial charge is 0.317 e. The van der Waals surface area contributed by atoms with E-state index in [2.05, 4.69) is 4.98 Å². The van der Waals surface area contributed by atoms with Crippen LogP contribution >= 0.6 is 24.3 Å². The highest BCUT2D eigenvalue weighted by molar-refractivity contribution is 8.20. The summed E-state index contributed by atoms with van der Waals surface area (Å²) in [6.07, 6.45) is 3.70. The Hall–Kier alpha value is -1.14. The summed E-state index contributed by atoms with van der Waals surface area (Å²) >= 11 is 6.02. The summed E-state index contributed by atoms with van der Waals surface area (Å²) in [6, 6.07) is 3.66. The van der Waals surface area contributed by atoms with Gasteiger partial charge in [-0.25, -0.2) is 0 Å². The fourth-order valence-electron chi connectivity index (χ4n) is 0.870. The van der Waals surface area contributed by atoms with Gasteiger partial charge in [0, 0.05) is 31.5 Å². The highest BCUT2D eigenvalue weighted by Gasteiger charge is 2.10. The van der Waals surface area contributed by atoms with Crippen LogP contribution in [0.4, 0.5) is 5.69 Å². The van der Waals surface area contributed by atoms with Crippen molar-refractivity contribution in [2.75, 3.05) is 11.9 Å². The molecule has 6 heteroatoms. The number of carbonyl (C=O) groups excluding carboxylic acids is 1. The molecule has 0 aliphatic carbocycles. The van der Waals surface area contributed by atoms with Gasteiger partial charge >= 0.3 is 5.97 Å². The molecule has 0 atom stereocenters. The number of hydrogen-bond donors (Lipinski definition) is 0. The van der Waals surface area contributed by atoms with Gasteiger partial charge < -0.3 is 9.08 Å². The molecular formula is C10H12N2O2S2. The van der Waals surface area contributed by atoms with E-state index >= 15 is 0 Å². The molecule has 0 N–H and O–H groups in total. The van der Waals surface area contributed by atoms with Crippen LogP contribution in [0.5, 0.6) is 0 Å². The van der Waals surface area contributed by atoms with Gasteiger partial charge in [0.05, 0.1) is 0 Å². The quantitative estimate of drug-likeness (QED) is 0.598. The molecule has 0 spiro atoms. The van der Waals surface area contributed by atoms with Crippen LogP contribution in [-0.4, -0.2) is 22.3 Å². The van der Waals surface area contributed by atoms with E-state index in [9.17, 15) is 4.79 Å². The average molecular weight is 256 g/mol. The number of aromatic nitrogens is 1. The lowest BCUT2D eigenvalue weighted by Crippen LogP contribution is -2.22. The number of carbonyl (C=O) groups is 1. The number of pyridine rings is 1. The van der Waals surface area contributed by atoms with Gasteiger partial charge in [-0.2, -0.15) is 0 Å². The minimum atomic E-state index is -0.282. The molecule has 16 heavy (non-hydrogen) atoms. The van der Waals surface area contributed by atoms with E-state index in [0.29, 0.717) is 10.7 Å². The SMILES string of the molecule is CCC(=O)OSC(=S)N(C)c1ccncc1. The zero-order valence-corrected chi connectivity index (χ0v) is 10.7. The Morgan fingerprint density at radius 1 is 1.56 bits per heavy atom. The van der Waals surface area contributed by atoms with Crippen LogP contribution in [0.1, 0.15) is 13.3 Å². The van der Waals surface area contributed by atoms with E-state index in [1.165, 1.54) is 0 Å². The predicted molar refractivity (Wildman–Crippen MR) is 69.2 cm³/mol. The summed E-state index contributed by atoms with van der Waals surface area (Å²) in [7, 11) is 1.81. The summed E-state index contributed by atoms with van der Waals surface area (Å²) < 4.78 is 5.35. The van der Waals surface area contributed by atoms with Gasteiger partial charge in [-0.3, -0.25) is 9.78 Å². The molecule has 0 radical (unpaired) electrons. The molecule has 1 aromatic rings. The first-order chi connectivity index (χ1) is 7.65. The van der Waals surface area contributed by atoms with Crippen molar-refractivity contribution in [3.8, 4) is 0 Å². The van der Waals surface area contributed by atoms with Crippen molar-refractivity contribution in [3.05, 3.63) is 24.5 Å². The molecule has 0 aliphatic heterocycles. The van der Waals surface area contributed by atoms with Crippen molar-refractivity contribution in [1.82, 2.24) is 4.98 Å². The van der Waals surface area contributed by atoms with E-state index in [-0.39, 0.29) is 5.97 Å². The minimum Gasteiger partial charge on any atom is -0.384 e. The molecule has 0 amide bonds. The maximum atomic E-state index is 10.9. The van der Waals surface area contributed by atoms with Crippen molar-refractivity contribution in [1.29, 1.82) is 0 Å². The van der Waals surface area contributed by atoms with Gasteiger partial charge in [0.15, 0.2) is 4.32 Å². The Labute approximate surface area is 104 Å². The average Bonchev–Trinajstić information content (AvgIpc) is 2.35. The Kier molecular flexibility index (Phi) is 5.21. The summed E-state index contributed by atoms with van der Waals surface area (Å²) in [5.74, 6) is -0.282. The Morgan fingerprint density at radius 2 is 2.19 bits per heavy atom. The van der Waals surface area contributed by atoms with E-state index in [4.69, 9.17) is 16.4 Å². The summed E-state index contributed by atoms with van der Waals surface area (Å²) in [6.45, 7) is 1.73. The van der Waals surface area contributed by atoms with E-state index in [1.54, 1.807) is 24.2 Å². The maximum Gasteiger partial charge on any atom is 0.317 e. The first-order valence-corrected chi connectivity index (χ1v) is 5.85. The molecule has 1 aromatic heterocycles. The van der Waals surface area contributed by atoms with Gasteiger partial charge in [0.1, 0.15) is 12.0 Å². The number of rotatable bonds is 2. The lowest BCUT2D eigenvalue weighted by atomic mass is 10.4. The van der Waals surface area contributed by atoms with Crippen LogP contribution in [0.3, 0.4) is 0 Å². The summed E-state index contributed by atoms with van der Waals surface area (Å²) in [5.41, 5.74) is 0.903. The molecular weight excluding hydrogens is 244 g/mol. The fraction of sp³-hybridized carbons (Fsp3) is 0.300. The number of nitrogens with zero attached hydrogens (tertiary/aromatic N) is 2. The third-order valence-corrected chi connectivity index (χ3v) is 2.98. The largest absolute Gasteiger partial charge is 0.384 e. The summed E-state index contributed by atoms with van der Waals surface area (Å²) in [5, 5.41) is 0. The lowest BCUT2D eigenvalue weighted by Gasteiger charge is -2.17.